The Hall–Kier alpha value is -3.08. The molecule has 5 nitrogen and oxygen atoms in total. The van der Waals surface area contributed by atoms with Gasteiger partial charge in [0.2, 0.25) is 0 Å². The number of rotatable bonds is 2. The van der Waals surface area contributed by atoms with E-state index in [1.807, 2.05) is 12.1 Å². The predicted octanol–water partition coefficient (Wildman–Crippen LogP) is 3.06. The Morgan fingerprint density at radius 3 is 2.83 bits per heavy atom. The van der Waals surface area contributed by atoms with E-state index in [-0.39, 0.29) is 11.7 Å². The van der Waals surface area contributed by atoms with Crippen LogP contribution in [0, 0.1) is 0 Å². The van der Waals surface area contributed by atoms with Crippen LogP contribution in [0.15, 0.2) is 42.5 Å². The maximum absolute atomic E-state index is 12.5. The first-order chi connectivity index (χ1) is 11.6. The lowest BCUT2D eigenvalue weighted by Gasteiger charge is -2.10. The van der Waals surface area contributed by atoms with Crippen molar-refractivity contribution in [3.63, 3.8) is 0 Å². The number of H-pyrrole nitrogens is 1. The third-order valence-electron chi connectivity index (χ3n) is 4.43. The van der Waals surface area contributed by atoms with Crippen LogP contribution in [-0.4, -0.2) is 16.7 Å². The molecular weight excluding hydrogens is 302 g/mol. The Balaban J connectivity index is 1.68. The molecule has 1 heterocycles. The van der Waals surface area contributed by atoms with Crippen molar-refractivity contribution >= 4 is 34.0 Å². The number of fused-ring (bicyclic) bond motifs is 3. The molecule has 24 heavy (non-hydrogen) atoms. The van der Waals surface area contributed by atoms with Gasteiger partial charge in [0, 0.05) is 46.4 Å². The molecule has 2 aromatic carbocycles. The number of hydrogen-bond acceptors (Lipinski definition) is 3. The number of carbonyl (C=O) groups excluding carboxylic acids is 2. The molecule has 1 aliphatic carbocycles. The van der Waals surface area contributed by atoms with Gasteiger partial charge >= 0.3 is 0 Å². The van der Waals surface area contributed by atoms with Gasteiger partial charge in [0.1, 0.15) is 5.78 Å². The standard InChI is InChI=1S/C19H17N3O2/c20-12-2-1-3-13(9-12)21-19(24)11-4-6-17-15(8-11)16-10-14(23)5-7-18(16)22-17/h1-4,6,8-9,22H,5,7,10,20H2,(H,21,24). The van der Waals surface area contributed by atoms with Gasteiger partial charge in [-0.05, 0) is 48.4 Å². The van der Waals surface area contributed by atoms with E-state index in [0.717, 1.165) is 28.6 Å². The monoisotopic (exact) mass is 319 g/mol. The summed E-state index contributed by atoms with van der Waals surface area (Å²) < 4.78 is 0. The molecule has 1 aliphatic rings. The Bertz CT molecular complexity index is 972. The molecule has 5 heteroatoms. The summed E-state index contributed by atoms with van der Waals surface area (Å²) in [5, 5.41) is 3.81. The number of carbonyl (C=O) groups is 2. The van der Waals surface area contributed by atoms with E-state index in [1.165, 1.54) is 0 Å². The Morgan fingerprint density at radius 1 is 1.12 bits per heavy atom. The summed E-state index contributed by atoms with van der Waals surface area (Å²) in [6.07, 6.45) is 1.77. The van der Waals surface area contributed by atoms with Crippen molar-refractivity contribution in [2.75, 3.05) is 11.1 Å². The number of Topliss-reactive ketones (excluding diaryl/α,β-unsaturated/α-hetero) is 1. The number of nitrogens with one attached hydrogen (secondary N) is 2. The molecule has 0 fully saturated rings. The lowest BCUT2D eigenvalue weighted by atomic mass is 9.94. The molecule has 0 aliphatic heterocycles. The van der Waals surface area contributed by atoms with Crippen molar-refractivity contribution in [2.45, 2.75) is 19.3 Å². The van der Waals surface area contributed by atoms with Crippen molar-refractivity contribution in [3.05, 3.63) is 59.3 Å². The smallest absolute Gasteiger partial charge is 0.255 e. The molecule has 4 N–H and O–H groups in total. The summed E-state index contributed by atoms with van der Waals surface area (Å²) in [7, 11) is 0. The highest BCUT2D eigenvalue weighted by atomic mass is 16.1. The minimum atomic E-state index is -0.195. The molecule has 0 spiro atoms. The first kappa shape index (κ1) is 14.5. The number of aromatic amines is 1. The fraction of sp³-hybridized carbons (Fsp3) is 0.158. The van der Waals surface area contributed by atoms with Gasteiger partial charge in [0.05, 0.1) is 0 Å². The zero-order valence-electron chi connectivity index (χ0n) is 13.1. The van der Waals surface area contributed by atoms with Crippen LogP contribution in [0.5, 0.6) is 0 Å². The highest BCUT2D eigenvalue weighted by molar-refractivity contribution is 6.07. The summed E-state index contributed by atoms with van der Waals surface area (Å²) in [5.41, 5.74) is 10.7. The third kappa shape index (κ3) is 2.54. The molecule has 0 bridgehead atoms. The van der Waals surface area contributed by atoms with Crippen molar-refractivity contribution in [3.8, 4) is 0 Å². The molecule has 0 radical (unpaired) electrons. The number of hydrogen-bond donors (Lipinski definition) is 3. The molecule has 4 rings (SSSR count). The Morgan fingerprint density at radius 2 is 2.00 bits per heavy atom. The Kier molecular flexibility index (Phi) is 3.34. The normalized spacial score (nSPS) is 13.8. The van der Waals surface area contributed by atoms with Crippen molar-refractivity contribution in [1.82, 2.24) is 4.98 Å². The second kappa shape index (κ2) is 5.53. The van der Waals surface area contributed by atoms with Gasteiger partial charge in [-0.25, -0.2) is 0 Å². The number of aryl methyl sites for hydroxylation is 1. The lowest BCUT2D eigenvalue weighted by molar-refractivity contribution is -0.118. The van der Waals surface area contributed by atoms with Crippen molar-refractivity contribution < 1.29 is 9.59 Å². The topological polar surface area (TPSA) is 88.0 Å². The van der Waals surface area contributed by atoms with Gasteiger partial charge < -0.3 is 16.0 Å². The largest absolute Gasteiger partial charge is 0.399 e. The number of ketones is 1. The molecule has 120 valence electrons. The van der Waals surface area contributed by atoms with E-state index in [1.54, 1.807) is 30.3 Å². The van der Waals surface area contributed by atoms with Crippen LogP contribution >= 0.6 is 0 Å². The molecule has 0 saturated heterocycles. The van der Waals surface area contributed by atoms with E-state index in [4.69, 9.17) is 5.73 Å². The summed E-state index contributed by atoms with van der Waals surface area (Å²) in [6, 6.07) is 12.6. The van der Waals surface area contributed by atoms with Crippen LogP contribution < -0.4 is 11.1 Å². The van der Waals surface area contributed by atoms with Crippen molar-refractivity contribution in [2.24, 2.45) is 0 Å². The average Bonchev–Trinajstić information content (AvgIpc) is 2.92. The second-order valence-electron chi connectivity index (χ2n) is 6.14. The number of amides is 1. The summed E-state index contributed by atoms with van der Waals surface area (Å²) in [5.74, 6) is 0.0533. The molecule has 0 atom stereocenters. The minimum absolute atomic E-state index is 0.195. The maximum atomic E-state index is 12.5. The highest BCUT2D eigenvalue weighted by Gasteiger charge is 2.21. The van der Waals surface area contributed by atoms with Crippen LogP contribution in [0.25, 0.3) is 10.9 Å². The quantitative estimate of drug-likeness (QED) is 0.634. The molecule has 0 saturated carbocycles. The number of benzene rings is 2. The number of nitrogens with two attached hydrogens (primary N) is 1. The lowest BCUT2D eigenvalue weighted by Crippen LogP contribution is -2.13. The fourth-order valence-electron chi connectivity index (χ4n) is 3.23. The maximum Gasteiger partial charge on any atom is 0.255 e. The fourth-order valence-corrected chi connectivity index (χ4v) is 3.23. The van der Waals surface area contributed by atoms with Gasteiger partial charge in [-0.3, -0.25) is 9.59 Å². The summed E-state index contributed by atoms with van der Waals surface area (Å²) >= 11 is 0. The zero-order chi connectivity index (χ0) is 16.7. The van der Waals surface area contributed by atoms with Crippen LogP contribution in [0.1, 0.15) is 28.0 Å². The van der Waals surface area contributed by atoms with Crippen LogP contribution in [-0.2, 0) is 17.6 Å². The van der Waals surface area contributed by atoms with E-state index < -0.39 is 0 Å². The van der Waals surface area contributed by atoms with Gasteiger partial charge in [-0.15, -0.1) is 0 Å². The molecule has 1 amide bonds. The van der Waals surface area contributed by atoms with E-state index in [0.29, 0.717) is 29.8 Å². The molecule has 0 unspecified atom stereocenters. The summed E-state index contributed by atoms with van der Waals surface area (Å²) in [4.78, 5) is 27.6. The van der Waals surface area contributed by atoms with E-state index >= 15 is 0 Å². The average molecular weight is 319 g/mol. The van der Waals surface area contributed by atoms with Gasteiger partial charge in [-0.1, -0.05) is 6.07 Å². The van der Waals surface area contributed by atoms with Gasteiger partial charge in [0.15, 0.2) is 0 Å². The number of aromatic nitrogens is 1. The molecule has 1 aromatic heterocycles. The van der Waals surface area contributed by atoms with E-state index in [9.17, 15) is 9.59 Å². The van der Waals surface area contributed by atoms with Gasteiger partial charge in [-0.2, -0.15) is 0 Å². The highest BCUT2D eigenvalue weighted by Crippen LogP contribution is 2.29. The summed E-state index contributed by atoms with van der Waals surface area (Å²) in [6.45, 7) is 0. The first-order valence-electron chi connectivity index (χ1n) is 7.92. The third-order valence-corrected chi connectivity index (χ3v) is 4.43. The first-order valence-corrected chi connectivity index (χ1v) is 7.92. The zero-order valence-corrected chi connectivity index (χ0v) is 13.1. The Labute approximate surface area is 138 Å². The number of nitrogen functional groups attached to an aromatic ring is 1. The van der Waals surface area contributed by atoms with Crippen LogP contribution in [0.3, 0.4) is 0 Å². The van der Waals surface area contributed by atoms with Crippen LogP contribution in [0.2, 0.25) is 0 Å². The second-order valence-corrected chi connectivity index (χ2v) is 6.14. The predicted molar refractivity (Wildman–Crippen MR) is 94.1 cm³/mol. The SMILES string of the molecule is Nc1cccc(NC(=O)c2ccc3[nH]c4c(c3c2)CC(=O)CC4)c1. The van der Waals surface area contributed by atoms with Crippen molar-refractivity contribution in [1.29, 1.82) is 0 Å². The van der Waals surface area contributed by atoms with Gasteiger partial charge in [0.25, 0.3) is 5.91 Å². The minimum Gasteiger partial charge on any atom is -0.399 e. The molecule has 3 aromatic rings. The van der Waals surface area contributed by atoms with Crippen LogP contribution in [0.4, 0.5) is 11.4 Å². The molecular formula is C19H17N3O2. The number of anilines is 2. The van der Waals surface area contributed by atoms with E-state index in [2.05, 4.69) is 10.3 Å².